The Labute approximate surface area is 96.9 Å². The number of nitrogens with two attached hydrogens (primary N) is 1. The maximum atomic E-state index is 12.2. The topological polar surface area (TPSA) is 64.4 Å². The molecule has 1 amide bonds. The second-order valence-corrected chi connectivity index (χ2v) is 5.49. The Morgan fingerprint density at radius 3 is 2.31 bits per heavy atom. The molecule has 0 bridgehead atoms. The molecule has 0 aromatic rings. The van der Waals surface area contributed by atoms with Crippen LogP contribution < -0.4 is 11.1 Å². The second-order valence-electron chi connectivity index (χ2n) is 5.49. The van der Waals surface area contributed by atoms with Crippen molar-refractivity contribution in [1.29, 1.82) is 0 Å². The van der Waals surface area contributed by atoms with Crippen molar-refractivity contribution in [3.63, 3.8) is 0 Å². The summed E-state index contributed by atoms with van der Waals surface area (Å²) in [5.74, 6) is 0.0365. The van der Waals surface area contributed by atoms with Gasteiger partial charge in [-0.2, -0.15) is 0 Å². The zero-order chi connectivity index (χ0) is 11.6. The lowest BCUT2D eigenvalue weighted by molar-refractivity contribution is -0.129. The molecule has 4 heteroatoms. The quantitative estimate of drug-likeness (QED) is 0.736. The molecule has 1 aliphatic carbocycles. The molecule has 0 unspecified atom stereocenters. The van der Waals surface area contributed by atoms with Gasteiger partial charge >= 0.3 is 0 Å². The second kappa shape index (κ2) is 4.34. The number of carbonyl (C=O) groups excluding carboxylic acids is 1. The van der Waals surface area contributed by atoms with Gasteiger partial charge < -0.3 is 15.8 Å². The van der Waals surface area contributed by atoms with Crippen LogP contribution in [0, 0.1) is 0 Å². The van der Waals surface area contributed by atoms with Gasteiger partial charge in [0.2, 0.25) is 5.91 Å². The highest BCUT2D eigenvalue weighted by Crippen LogP contribution is 2.29. The van der Waals surface area contributed by atoms with Crippen LogP contribution in [0.3, 0.4) is 0 Å². The maximum Gasteiger partial charge on any atom is 0.240 e. The van der Waals surface area contributed by atoms with Crippen LogP contribution in [-0.4, -0.2) is 30.2 Å². The zero-order valence-electron chi connectivity index (χ0n) is 10.1. The minimum absolute atomic E-state index is 0.0365. The third-order valence-electron chi connectivity index (χ3n) is 3.96. The number of amides is 1. The summed E-state index contributed by atoms with van der Waals surface area (Å²) in [5.41, 5.74) is 5.40. The summed E-state index contributed by atoms with van der Waals surface area (Å²) >= 11 is 0. The summed E-state index contributed by atoms with van der Waals surface area (Å²) in [6.45, 7) is 3.55. The van der Waals surface area contributed by atoms with Crippen molar-refractivity contribution in [2.45, 2.75) is 56.5 Å². The zero-order valence-corrected chi connectivity index (χ0v) is 10.1. The van der Waals surface area contributed by atoms with Crippen LogP contribution in [0.25, 0.3) is 0 Å². The Hall–Kier alpha value is -0.610. The summed E-state index contributed by atoms with van der Waals surface area (Å²) in [4.78, 5) is 12.2. The van der Waals surface area contributed by atoms with Crippen LogP contribution in [0.4, 0.5) is 0 Å². The first kappa shape index (κ1) is 11.9. The molecular weight excluding hydrogens is 204 g/mol. The Morgan fingerprint density at radius 1 is 1.19 bits per heavy atom. The molecule has 2 fully saturated rings. The van der Waals surface area contributed by atoms with Gasteiger partial charge in [0.05, 0.1) is 5.54 Å². The molecule has 0 aromatic heterocycles. The number of hydrogen-bond acceptors (Lipinski definition) is 3. The van der Waals surface area contributed by atoms with Crippen molar-refractivity contribution in [3.8, 4) is 0 Å². The molecule has 0 aromatic carbocycles. The number of nitrogens with one attached hydrogen (secondary N) is 1. The molecule has 2 rings (SSSR count). The van der Waals surface area contributed by atoms with Gasteiger partial charge in [0, 0.05) is 18.8 Å². The molecule has 0 atom stereocenters. The first-order valence-electron chi connectivity index (χ1n) is 6.23. The molecular formula is C12H22N2O2. The van der Waals surface area contributed by atoms with Gasteiger partial charge in [0.25, 0.3) is 0 Å². The van der Waals surface area contributed by atoms with Gasteiger partial charge in [-0.1, -0.05) is 12.8 Å². The van der Waals surface area contributed by atoms with Gasteiger partial charge in [0.15, 0.2) is 0 Å². The standard InChI is InChI=1S/C12H22N2O2/c1-11(6-8-16-9-7-11)14-10(15)12(13)4-2-3-5-12/h2-9,13H2,1H3,(H,14,15). The molecule has 1 heterocycles. The Bertz CT molecular complexity index is 266. The van der Waals surface area contributed by atoms with Crippen molar-refractivity contribution in [1.82, 2.24) is 5.32 Å². The highest BCUT2D eigenvalue weighted by atomic mass is 16.5. The summed E-state index contributed by atoms with van der Waals surface area (Å²) in [5, 5.41) is 3.13. The molecule has 3 N–H and O–H groups in total. The lowest BCUT2D eigenvalue weighted by atomic mass is 9.89. The van der Waals surface area contributed by atoms with Crippen LogP contribution in [0.2, 0.25) is 0 Å². The molecule has 1 saturated heterocycles. The van der Waals surface area contributed by atoms with E-state index in [4.69, 9.17) is 10.5 Å². The molecule has 1 saturated carbocycles. The van der Waals surface area contributed by atoms with Crippen molar-refractivity contribution >= 4 is 5.91 Å². The number of hydrogen-bond donors (Lipinski definition) is 2. The van der Waals surface area contributed by atoms with Gasteiger partial charge in [-0.15, -0.1) is 0 Å². The van der Waals surface area contributed by atoms with E-state index in [1.807, 2.05) is 0 Å². The summed E-state index contributed by atoms with van der Waals surface area (Å²) < 4.78 is 5.31. The van der Waals surface area contributed by atoms with Crippen LogP contribution in [0.5, 0.6) is 0 Å². The van der Waals surface area contributed by atoms with Gasteiger partial charge in [-0.25, -0.2) is 0 Å². The Morgan fingerprint density at radius 2 is 1.75 bits per heavy atom. The van der Waals surface area contributed by atoms with E-state index < -0.39 is 5.54 Å². The average Bonchev–Trinajstić information content (AvgIpc) is 2.67. The van der Waals surface area contributed by atoms with Crippen molar-refractivity contribution < 1.29 is 9.53 Å². The largest absolute Gasteiger partial charge is 0.381 e. The smallest absolute Gasteiger partial charge is 0.240 e. The fourth-order valence-corrected chi connectivity index (χ4v) is 2.58. The summed E-state index contributed by atoms with van der Waals surface area (Å²) in [6.07, 6.45) is 5.56. The van der Waals surface area contributed by atoms with E-state index in [1.165, 1.54) is 0 Å². The third-order valence-corrected chi connectivity index (χ3v) is 3.96. The molecule has 0 radical (unpaired) electrons. The van der Waals surface area contributed by atoms with Gasteiger partial charge in [-0.3, -0.25) is 4.79 Å². The molecule has 0 spiro atoms. The van der Waals surface area contributed by atoms with Gasteiger partial charge in [-0.05, 0) is 32.6 Å². The van der Waals surface area contributed by atoms with Crippen molar-refractivity contribution in [2.24, 2.45) is 5.73 Å². The summed E-state index contributed by atoms with van der Waals surface area (Å²) in [6, 6.07) is 0. The van der Waals surface area contributed by atoms with Gasteiger partial charge in [0.1, 0.15) is 0 Å². The lowest BCUT2D eigenvalue weighted by Gasteiger charge is -2.37. The van der Waals surface area contributed by atoms with E-state index in [-0.39, 0.29) is 11.4 Å². The van der Waals surface area contributed by atoms with E-state index >= 15 is 0 Å². The van der Waals surface area contributed by atoms with E-state index in [0.717, 1.165) is 51.7 Å². The van der Waals surface area contributed by atoms with Crippen molar-refractivity contribution in [3.05, 3.63) is 0 Å². The molecule has 4 nitrogen and oxygen atoms in total. The summed E-state index contributed by atoms with van der Waals surface area (Å²) in [7, 11) is 0. The van der Waals surface area contributed by atoms with E-state index in [0.29, 0.717) is 0 Å². The van der Waals surface area contributed by atoms with Crippen LogP contribution in [0.15, 0.2) is 0 Å². The fraction of sp³-hybridized carbons (Fsp3) is 0.917. The van der Waals surface area contributed by atoms with Crippen LogP contribution >= 0.6 is 0 Å². The lowest BCUT2D eigenvalue weighted by Crippen LogP contribution is -2.59. The minimum atomic E-state index is -0.610. The van der Waals surface area contributed by atoms with E-state index in [1.54, 1.807) is 0 Å². The first-order chi connectivity index (χ1) is 7.54. The highest BCUT2D eigenvalue weighted by Gasteiger charge is 2.40. The van der Waals surface area contributed by atoms with Crippen molar-refractivity contribution in [2.75, 3.05) is 13.2 Å². The highest BCUT2D eigenvalue weighted by molar-refractivity contribution is 5.87. The predicted octanol–water partition coefficient (Wildman–Crippen LogP) is 0.943. The average molecular weight is 226 g/mol. The molecule has 92 valence electrons. The van der Waals surface area contributed by atoms with E-state index in [9.17, 15) is 4.79 Å². The van der Waals surface area contributed by atoms with E-state index in [2.05, 4.69) is 12.2 Å². The molecule has 2 aliphatic rings. The van der Waals surface area contributed by atoms with Crippen LogP contribution in [0.1, 0.15) is 45.4 Å². The third kappa shape index (κ3) is 2.38. The number of carbonyl (C=O) groups is 1. The Balaban J connectivity index is 1.95. The predicted molar refractivity (Wildman–Crippen MR) is 62.0 cm³/mol. The minimum Gasteiger partial charge on any atom is -0.381 e. The fourth-order valence-electron chi connectivity index (χ4n) is 2.58. The SMILES string of the molecule is CC1(NC(=O)C2(N)CCCC2)CCOCC1. The molecule has 16 heavy (non-hydrogen) atoms. The Kier molecular flexibility index (Phi) is 3.22. The monoisotopic (exact) mass is 226 g/mol. The number of ether oxygens (including phenoxy) is 1. The first-order valence-corrected chi connectivity index (χ1v) is 6.23. The number of rotatable bonds is 2. The van der Waals surface area contributed by atoms with Crippen LogP contribution in [-0.2, 0) is 9.53 Å². The molecule has 1 aliphatic heterocycles. The normalized spacial score (nSPS) is 27.6. The maximum absolute atomic E-state index is 12.2.